The van der Waals surface area contributed by atoms with Crippen molar-refractivity contribution in [1.82, 2.24) is 0 Å². The van der Waals surface area contributed by atoms with E-state index >= 15 is 0 Å². The average molecular weight is 196 g/mol. The number of aliphatic hydroxyl groups is 1. The molecule has 2 aliphatic rings. The molecule has 0 amide bonds. The van der Waals surface area contributed by atoms with Gasteiger partial charge in [0.25, 0.3) is 0 Å². The first-order valence-corrected chi connectivity index (χ1v) is 6.35. The monoisotopic (exact) mass is 196 g/mol. The second-order valence-electron chi connectivity index (χ2n) is 5.80. The fourth-order valence-corrected chi connectivity index (χ4v) is 3.51. The van der Waals surface area contributed by atoms with E-state index in [1.54, 1.807) is 0 Å². The van der Waals surface area contributed by atoms with Gasteiger partial charge < -0.3 is 5.11 Å². The Morgan fingerprint density at radius 1 is 0.929 bits per heavy atom. The molecule has 0 heterocycles. The lowest BCUT2D eigenvalue weighted by atomic mass is 9.65. The van der Waals surface area contributed by atoms with Crippen LogP contribution in [0, 0.1) is 23.7 Å². The van der Waals surface area contributed by atoms with Gasteiger partial charge in [-0.2, -0.15) is 0 Å². The third kappa shape index (κ3) is 2.13. The molecule has 4 atom stereocenters. The van der Waals surface area contributed by atoms with Crippen molar-refractivity contribution in [1.29, 1.82) is 0 Å². The topological polar surface area (TPSA) is 20.2 Å². The smallest absolute Gasteiger partial charge is 0.0543 e. The summed E-state index contributed by atoms with van der Waals surface area (Å²) in [6, 6.07) is 0. The number of hydrogen-bond acceptors (Lipinski definition) is 1. The minimum absolute atomic E-state index is 0.0202. The normalized spacial score (nSPS) is 43.7. The van der Waals surface area contributed by atoms with E-state index in [1.807, 2.05) is 0 Å². The molecular weight excluding hydrogens is 172 g/mol. The lowest BCUT2D eigenvalue weighted by Gasteiger charge is -2.42. The molecule has 0 saturated heterocycles. The average Bonchev–Trinajstić information content (AvgIpc) is 2.16. The van der Waals surface area contributed by atoms with Gasteiger partial charge in [0.05, 0.1) is 6.10 Å². The zero-order chi connectivity index (χ0) is 10.1. The Bertz CT molecular complexity index is 188. The van der Waals surface area contributed by atoms with Crippen LogP contribution < -0.4 is 0 Å². The van der Waals surface area contributed by atoms with Crippen molar-refractivity contribution in [2.24, 2.45) is 23.7 Å². The van der Waals surface area contributed by atoms with Gasteiger partial charge >= 0.3 is 0 Å². The molecule has 2 aliphatic carbocycles. The molecule has 1 N–H and O–H groups in total. The maximum Gasteiger partial charge on any atom is 0.0543 e. The fourth-order valence-electron chi connectivity index (χ4n) is 3.51. The maximum absolute atomic E-state index is 9.62. The van der Waals surface area contributed by atoms with Crippen LogP contribution >= 0.6 is 0 Å². The minimum atomic E-state index is 0.0202. The molecular formula is C13H24O. The number of aliphatic hydroxyl groups excluding tert-OH is 1. The van der Waals surface area contributed by atoms with Gasteiger partial charge in [-0.3, -0.25) is 0 Å². The standard InChI is InChI=1S/C13H24O/c1-9(2)10-3-4-12-8-13(14)6-5-11(12)7-10/h9-14H,3-8H2,1-2H3/t10-,11+,12+,13-/m0/s1. The molecule has 0 aliphatic heterocycles. The zero-order valence-corrected chi connectivity index (χ0v) is 9.58. The van der Waals surface area contributed by atoms with Crippen LogP contribution in [-0.4, -0.2) is 11.2 Å². The zero-order valence-electron chi connectivity index (χ0n) is 9.58. The number of hydrogen-bond donors (Lipinski definition) is 1. The van der Waals surface area contributed by atoms with Crippen LogP contribution in [0.3, 0.4) is 0 Å². The van der Waals surface area contributed by atoms with Gasteiger partial charge in [-0.1, -0.05) is 13.8 Å². The largest absolute Gasteiger partial charge is 0.393 e. The van der Waals surface area contributed by atoms with Crippen molar-refractivity contribution in [3.05, 3.63) is 0 Å². The number of fused-ring (bicyclic) bond motifs is 1. The Morgan fingerprint density at radius 2 is 1.57 bits per heavy atom. The summed E-state index contributed by atoms with van der Waals surface area (Å²) < 4.78 is 0. The molecule has 0 radical (unpaired) electrons. The van der Waals surface area contributed by atoms with Crippen LogP contribution in [0.5, 0.6) is 0 Å². The molecule has 0 spiro atoms. The van der Waals surface area contributed by atoms with Gasteiger partial charge in [-0.25, -0.2) is 0 Å². The highest BCUT2D eigenvalue weighted by Gasteiger charge is 2.35. The van der Waals surface area contributed by atoms with Gasteiger partial charge in [0, 0.05) is 0 Å². The van der Waals surface area contributed by atoms with E-state index in [4.69, 9.17) is 0 Å². The fraction of sp³-hybridized carbons (Fsp3) is 1.00. The molecule has 1 heteroatoms. The first-order valence-electron chi connectivity index (χ1n) is 6.35. The van der Waals surface area contributed by atoms with E-state index in [0.29, 0.717) is 0 Å². The van der Waals surface area contributed by atoms with Gasteiger partial charge in [0.15, 0.2) is 0 Å². The van der Waals surface area contributed by atoms with Crippen molar-refractivity contribution in [2.75, 3.05) is 0 Å². The van der Waals surface area contributed by atoms with E-state index in [-0.39, 0.29) is 6.10 Å². The third-order valence-corrected chi connectivity index (χ3v) is 4.57. The van der Waals surface area contributed by atoms with Crippen LogP contribution in [0.25, 0.3) is 0 Å². The Balaban J connectivity index is 1.91. The SMILES string of the molecule is CC(C)[C@H]1CC[C@@H]2C[C@@H](O)CC[C@@H]2C1. The summed E-state index contributed by atoms with van der Waals surface area (Å²) in [5.41, 5.74) is 0. The van der Waals surface area contributed by atoms with Crippen molar-refractivity contribution in [3.63, 3.8) is 0 Å². The summed E-state index contributed by atoms with van der Waals surface area (Å²) in [6.07, 6.45) is 7.69. The molecule has 1 nitrogen and oxygen atoms in total. The molecule has 0 unspecified atom stereocenters. The van der Waals surface area contributed by atoms with Gasteiger partial charge in [0.1, 0.15) is 0 Å². The van der Waals surface area contributed by atoms with Crippen LogP contribution in [0.1, 0.15) is 52.4 Å². The third-order valence-electron chi connectivity index (χ3n) is 4.57. The van der Waals surface area contributed by atoms with E-state index in [2.05, 4.69) is 13.8 Å². The number of rotatable bonds is 1. The molecule has 0 aromatic carbocycles. The highest BCUT2D eigenvalue weighted by molar-refractivity contribution is 4.86. The summed E-state index contributed by atoms with van der Waals surface area (Å²) in [5.74, 6) is 3.63. The van der Waals surface area contributed by atoms with Crippen molar-refractivity contribution < 1.29 is 5.11 Å². The summed E-state index contributed by atoms with van der Waals surface area (Å²) >= 11 is 0. The molecule has 82 valence electrons. The quantitative estimate of drug-likeness (QED) is 0.682. The molecule has 0 bridgehead atoms. The minimum Gasteiger partial charge on any atom is -0.393 e. The van der Waals surface area contributed by atoms with Crippen molar-refractivity contribution in [2.45, 2.75) is 58.5 Å². The van der Waals surface area contributed by atoms with Gasteiger partial charge in [-0.15, -0.1) is 0 Å². The van der Waals surface area contributed by atoms with Gasteiger partial charge in [0.2, 0.25) is 0 Å². The van der Waals surface area contributed by atoms with Crippen LogP contribution in [0.15, 0.2) is 0 Å². The first kappa shape index (κ1) is 10.5. The molecule has 0 aromatic heterocycles. The maximum atomic E-state index is 9.62. The summed E-state index contributed by atoms with van der Waals surface area (Å²) in [4.78, 5) is 0. The molecule has 2 rings (SSSR count). The first-order chi connectivity index (χ1) is 6.66. The Hall–Kier alpha value is -0.0400. The van der Waals surface area contributed by atoms with Crippen molar-refractivity contribution in [3.8, 4) is 0 Å². The Kier molecular flexibility index (Phi) is 3.16. The predicted molar refractivity (Wildman–Crippen MR) is 59.0 cm³/mol. The highest BCUT2D eigenvalue weighted by Crippen LogP contribution is 2.44. The lowest BCUT2D eigenvalue weighted by molar-refractivity contribution is 0.0282. The van der Waals surface area contributed by atoms with E-state index in [9.17, 15) is 5.11 Å². The lowest BCUT2D eigenvalue weighted by Crippen LogP contribution is -2.34. The van der Waals surface area contributed by atoms with Gasteiger partial charge in [-0.05, 0) is 62.2 Å². The second-order valence-corrected chi connectivity index (χ2v) is 5.80. The van der Waals surface area contributed by atoms with E-state index in [0.717, 1.165) is 36.5 Å². The Morgan fingerprint density at radius 3 is 2.29 bits per heavy atom. The highest BCUT2D eigenvalue weighted by atomic mass is 16.3. The second kappa shape index (κ2) is 4.22. The molecule has 14 heavy (non-hydrogen) atoms. The molecule has 2 fully saturated rings. The Labute approximate surface area is 87.9 Å². The van der Waals surface area contributed by atoms with Crippen LogP contribution in [-0.2, 0) is 0 Å². The molecule has 0 aromatic rings. The van der Waals surface area contributed by atoms with Crippen LogP contribution in [0.4, 0.5) is 0 Å². The van der Waals surface area contributed by atoms with E-state index in [1.165, 1.54) is 25.7 Å². The summed E-state index contributed by atoms with van der Waals surface area (Å²) in [6.45, 7) is 4.73. The van der Waals surface area contributed by atoms with Crippen molar-refractivity contribution >= 4 is 0 Å². The molecule has 2 saturated carbocycles. The van der Waals surface area contributed by atoms with Crippen LogP contribution in [0.2, 0.25) is 0 Å². The predicted octanol–water partition coefficient (Wildman–Crippen LogP) is 3.22. The van der Waals surface area contributed by atoms with E-state index < -0.39 is 0 Å². The summed E-state index contributed by atoms with van der Waals surface area (Å²) in [5, 5.41) is 9.62. The summed E-state index contributed by atoms with van der Waals surface area (Å²) in [7, 11) is 0.